The smallest absolute Gasteiger partial charge is 0.335 e. The van der Waals surface area contributed by atoms with Crippen molar-refractivity contribution in [3.8, 4) is 5.75 Å². The van der Waals surface area contributed by atoms with Crippen LogP contribution in [-0.4, -0.2) is 33.2 Å². The molecule has 4 rings (SSSR count). The fraction of sp³-hybridized carbons (Fsp3) is 0.179. The number of carbonyl (C=O) groups is 2. The molecule has 184 valence electrons. The van der Waals surface area contributed by atoms with Crippen LogP contribution in [0.5, 0.6) is 5.75 Å². The lowest BCUT2D eigenvalue weighted by molar-refractivity contribution is -0.122. The predicted molar refractivity (Wildman–Crippen MR) is 148 cm³/mol. The van der Waals surface area contributed by atoms with Crippen LogP contribution in [0, 0.1) is 0 Å². The quantitative estimate of drug-likeness (QED) is 0.294. The molecule has 1 saturated heterocycles. The number of hydrogen-bond donors (Lipinski definition) is 1. The number of aliphatic imine (C=N–C) groups is 1. The Labute approximate surface area is 222 Å². The summed E-state index contributed by atoms with van der Waals surface area (Å²) < 4.78 is 6.75. The molecule has 1 aliphatic rings. The number of hydrogen-bond acceptors (Lipinski definition) is 5. The summed E-state index contributed by atoms with van der Waals surface area (Å²) in [5.41, 5.74) is 2.62. The first-order valence-corrected chi connectivity index (χ1v) is 13.1. The first-order valence-electron chi connectivity index (χ1n) is 11.5. The third-order valence-electron chi connectivity index (χ3n) is 5.57. The van der Waals surface area contributed by atoms with Crippen molar-refractivity contribution in [1.29, 1.82) is 0 Å². The maximum atomic E-state index is 13.5. The van der Waals surface area contributed by atoms with Crippen LogP contribution < -0.4 is 4.74 Å². The van der Waals surface area contributed by atoms with E-state index in [4.69, 9.17) is 14.8 Å². The fourth-order valence-corrected chi connectivity index (χ4v) is 4.92. The lowest BCUT2D eigenvalue weighted by Crippen LogP contribution is -2.28. The molecule has 3 aromatic rings. The molecule has 1 aliphatic heterocycles. The summed E-state index contributed by atoms with van der Waals surface area (Å²) in [7, 11) is 0. The summed E-state index contributed by atoms with van der Waals surface area (Å²) in [6.07, 6.45) is 2.85. The molecule has 0 spiro atoms. The Bertz CT molecular complexity index is 1320. The van der Waals surface area contributed by atoms with E-state index in [2.05, 4.69) is 22.9 Å². The zero-order chi connectivity index (χ0) is 25.7. The molecule has 1 atom stereocenters. The number of carboxylic acids is 1. The second-order valence-corrected chi connectivity index (χ2v) is 10.1. The molecule has 0 unspecified atom stereocenters. The van der Waals surface area contributed by atoms with Gasteiger partial charge < -0.3 is 9.84 Å². The van der Waals surface area contributed by atoms with E-state index >= 15 is 0 Å². The van der Waals surface area contributed by atoms with Gasteiger partial charge in [-0.15, -0.1) is 0 Å². The highest BCUT2D eigenvalue weighted by Crippen LogP contribution is 2.36. The molecule has 36 heavy (non-hydrogen) atoms. The molecular weight excluding hydrogens is 540 g/mol. The molecular formula is C28H25BrN2O4S. The fourth-order valence-electron chi connectivity index (χ4n) is 3.43. The number of rotatable bonds is 8. The molecule has 1 N–H and O–H groups in total. The maximum Gasteiger partial charge on any atom is 0.335 e. The summed E-state index contributed by atoms with van der Waals surface area (Å²) in [4.78, 5) is 31.5. The van der Waals surface area contributed by atoms with Crippen LogP contribution in [0.3, 0.4) is 0 Å². The number of carbonyl (C=O) groups excluding carboxylic acids is 1. The van der Waals surface area contributed by atoms with Crippen LogP contribution in [0.2, 0.25) is 0 Å². The third-order valence-corrected chi connectivity index (χ3v) is 7.19. The van der Waals surface area contributed by atoms with Crippen LogP contribution in [-0.2, 0) is 11.3 Å². The van der Waals surface area contributed by atoms with E-state index in [-0.39, 0.29) is 24.1 Å². The van der Waals surface area contributed by atoms with Crippen molar-refractivity contribution in [3.05, 3.63) is 98.9 Å². The molecule has 1 heterocycles. The predicted octanol–water partition coefficient (Wildman–Crippen LogP) is 7.13. The van der Waals surface area contributed by atoms with Crippen molar-refractivity contribution in [1.82, 2.24) is 4.90 Å². The number of carboxylic acid groups (broad SMARTS) is 1. The van der Waals surface area contributed by atoms with Crippen molar-refractivity contribution in [2.75, 3.05) is 0 Å². The van der Waals surface area contributed by atoms with Crippen LogP contribution in [0.15, 0.2) is 87.2 Å². The van der Waals surface area contributed by atoms with Gasteiger partial charge in [-0.05, 0) is 94.6 Å². The van der Waals surface area contributed by atoms with E-state index in [1.807, 2.05) is 61.5 Å². The number of ether oxygens (including phenoxy) is 1. The van der Waals surface area contributed by atoms with Gasteiger partial charge in [0, 0.05) is 0 Å². The second kappa shape index (κ2) is 11.6. The normalized spacial score (nSPS) is 16.5. The van der Waals surface area contributed by atoms with E-state index in [0.29, 0.717) is 10.1 Å². The van der Waals surface area contributed by atoms with E-state index < -0.39 is 5.97 Å². The first-order chi connectivity index (χ1) is 17.3. The minimum absolute atomic E-state index is 0.104. The van der Waals surface area contributed by atoms with Gasteiger partial charge in [0.15, 0.2) is 5.17 Å². The van der Waals surface area contributed by atoms with Crippen molar-refractivity contribution >= 4 is 56.5 Å². The van der Waals surface area contributed by atoms with Crippen molar-refractivity contribution in [3.63, 3.8) is 0 Å². The van der Waals surface area contributed by atoms with Crippen molar-refractivity contribution < 1.29 is 19.4 Å². The number of para-hydroxylation sites is 1. The van der Waals surface area contributed by atoms with Crippen molar-refractivity contribution in [2.45, 2.75) is 32.9 Å². The highest BCUT2D eigenvalue weighted by atomic mass is 79.9. The Morgan fingerprint density at radius 3 is 2.50 bits per heavy atom. The van der Waals surface area contributed by atoms with Crippen molar-refractivity contribution in [2.24, 2.45) is 4.99 Å². The third kappa shape index (κ3) is 6.25. The number of amides is 1. The van der Waals surface area contributed by atoms with Crippen LogP contribution in [0.1, 0.15) is 41.8 Å². The highest BCUT2D eigenvalue weighted by Gasteiger charge is 2.33. The number of amidine groups is 1. The maximum absolute atomic E-state index is 13.5. The summed E-state index contributed by atoms with van der Waals surface area (Å²) >= 11 is 4.89. The SMILES string of the molecule is CC[C@H](C)Oc1ccc(/C=C2\SC(=Nc3ccccc3)N(Cc3ccc(C(=O)O)cc3)C2=O)cc1Br. The van der Waals surface area contributed by atoms with E-state index in [9.17, 15) is 9.59 Å². The average molecular weight is 565 g/mol. The second-order valence-electron chi connectivity index (χ2n) is 8.26. The number of benzene rings is 3. The van der Waals surface area contributed by atoms with Gasteiger partial charge in [0.05, 0.1) is 33.3 Å². The molecule has 6 nitrogen and oxygen atoms in total. The van der Waals surface area contributed by atoms with E-state index in [0.717, 1.165) is 33.5 Å². The van der Waals surface area contributed by atoms with Gasteiger partial charge in [-0.25, -0.2) is 9.79 Å². The molecule has 0 saturated carbocycles. The minimum Gasteiger partial charge on any atom is -0.490 e. The van der Waals surface area contributed by atoms with Crippen LogP contribution in [0.4, 0.5) is 5.69 Å². The van der Waals surface area contributed by atoms with Gasteiger partial charge in [-0.2, -0.15) is 0 Å². The van der Waals surface area contributed by atoms with E-state index in [1.165, 1.54) is 23.9 Å². The largest absolute Gasteiger partial charge is 0.490 e. The summed E-state index contributed by atoms with van der Waals surface area (Å²) in [5.74, 6) is -0.389. The lowest BCUT2D eigenvalue weighted by Gasteiger charge is -2.16. The summed E-state index contributed by atoms with van der Waals surface area (Å²) in [6.45, 7) is 4.37. The molecule has 1 amide bonds. The zero-order valence-electron chi connectivity index (χ0n) is 19.8. The molecule has 1 fully saturated rings. The Kier molecular flexibility index (Phi) is 8.28. The lowest BCUT2D eigenvalue weighted by atomic mass is 10.1. The van der Waals surface area contributed by atoms with Gasteiger partial charge in [-0.1, -0.05) is 43.3 Å². The Hall–Kier alpha value is -3.36. The molecule has 0 aromatic heterocycles. The average Bonchev–Trinajstić information content (AvgIpc) is 3.15. The van der Waals surface area contributed by atoms with Gasteiger partial charge in [0.1, 0.15) is 5.75 Å². The van der Waals surface area contributed by atoms with Gasteiger partial charge >= 0.3 is 5.97 Å². The molecule has 0 bridgehead atoms. The molecule has 0 aliphatic carbocycles. The standard InChI is InChI=1S/C28H25BrN2O4S/c1-3-18(2)35-24-14-11-20(15-23(24)29)16-25-26(32)31(17-19-9-12-21(13-10-19)27(33)34)28(36-25)30-22-7-5-4-6-8-22/h4-16,18H,3,17H2,1-2H3,(H,33,34)/b25-16-,30-28?/t18-/m0/s1. The minimum atomic E-state index is -0.988. The number of aromatic carboxylic acids is 1. The van der Waals surface area contributed by atoms with Gasteiger partial charge in [0.25, 0.3) is 5.91 Å². The number of thioether (sulfide) groups is 1. The topological polar surface area (TPSA) is 79.2 Å². The number of halogens is 1. The Morgan fingerprint density at radius 2 is 1.86 bits per heavy atom. The monoisotopic (exact) mass is 564 g/mol. The Morgan fingerprint density at radius 1 is 1.14 bits per heavy atom. The summed E-state index contributed by atoms with van der Waals surface area (Å²) in [5, 5.41) is 9.73. The zero-order valence-corrected chi connectivity index (χ0v) is 22.3. The van der Waals surface area contributed by atoms with Crippen LogP contribution in [0.25, 0.3) is 6.08 Å². The molecule has 8 heteroatoms. The Balaban J connectivity index is 1.63. The molecule has 0 radical (unpaired) electrons. The summed E-state index contributed by atoms with van der Waals surface area (Å²) in [6, 6.07) is 21.7. The van der Waals surface area contributed by atoms with Gasteiger partial charge in [0.2, 0.25) is 0 Å². The number of nitrogens with zero attached hydrogens (tertiary/aromatic N) is 2. The van der Waals surface area contributed by atoms with E-state index in [1.54, 1.807) is 17.0 Å². The van der Waals surface area contributed by atoms with Gasteiger partial charge in [-0.3, -0.25) is 9.69 Å². The highest BCUT2D eigenvalue weighted by molar-refractivity contribution is 9.10. The van der Waals surface area contributed by atoms with Crippen LogP contribution >= 0.6 is 27.7 Å². The molecule has 3 aromatic carbocycles. The first kappa shape index (κ1) is 25.7.